The Morgan fingerprint density at radius 1 is 1.03 bits per heavy atom. The number of nitrogens with zero attached hydrogens (tertiary/aromatic N) is 1. The highest BCUT2D eigenvalue weighted by molar-refractivity contribution is 6.46. The van der Waals surface area contributed by atoms with Crippen LogP contribution in [0.2, 0.25) is 0 Å². The summed E-state index contributed by atoms with van der Waals surface area (Å²) in [6, 6.07) is 13.3. The summed E-state index contributed by atoms with van der Waals surface area (Å²) < 4.78 is 11.3. The van der Waals surface area contributed by atoms with Crippen LogP contribution in [-0.4, -0.2) is 56.5 Å². The van der Waals surface area contributed by atoms with E-state index in [-0.39, 0.29) is 11.7 Å². The normalized spacial score (nSPS) is 17.5. The number of carbonyl (C=O) groups is 2. The molecule has 1 heterocycles. The summed E-state index contributed by atoms with van der Waals surface area (Å²) in [7, 11) is 4.08. The summed E-state index contributed by atoms with van der Waals surface area (Å²) in [5.41, 5.74) is 1.06. The lowest BCUT2D eigenvalue weighted by Gasteiger charge is -2.28. The van der Waals surface area contributed by atoms with Crippen LogP contribution in [0.25, 0.3) is 5.76 Å². The average Bonchev–Trinajstić information content (AvgIpc) is 3.07. The molecule has 188 valence electrons. The summed E-state index contributed by atoms with van der Waals surface area (Å²) in [6.45, 7) is 7.72. The third-order valence-electron chi connectivity index (χ3n) is 5.76. The third-order valence-corrected chi connectivity index (χ3v) is 5.76. The van der Waals surface area contributed by atoms with E-state index in [1.54, 1.807) is 24.3 Å². The van der Waals surface area contributed by atoms with Gasteiger partial charge in [-0.1, -0.05) is 36.9 Å². The maximum atomic E-state index is 13.5. The van der Waals surface area contributed by atoms with Gasteiger partial charge >= 0.3 is 0 Å². The smallest absolute Gasteiger partial charge is 0.295 e. The molecule has 1 saturated heterocycles. The second kappa shape index (κ2) is 11.9. The molecule has 0 radical (unpaired) electrons. The summed E-state index contributed by atoms with van der Waals surface area (Å²) in [5, 5.41) is 13.5. The van der Waals surface area contributed by atoms with Crippen LogP contribution >= 0.6 is 0 Å². The predicted molar refractivity (Wildman–Crippen MR) is 133 cm³/mol. The zero-order valence-electron chi connectivity index (χ0n) is 21.3. The van der Waals surface area contributed by atoms with E-state index >= 15 is 0 Å². The SMILES string of the molecule is CCCOc1ccc(C2C(=C([O-])c3ccc(OC(C)C)cc3)C(=O)C(=O)N2CCC[NH+](C)C)cc1. The Balaban J connectivity index is 2.01. The molecule has 2 aromatic carbocycles. The molecule has 1 atom stereocenters. The van der Waals surface area contributed by atoms with E-state index < -0.39 is 23.5 Å². The maximum Gasteiger partial charge on any atom is 0.295 e. The first kappa shape index (κ1) is 26.3. The van der Waals surface area contributed by atoms with E-state index in [1.165, 1.54) is 9.80 Å². The second-order valence-electron chi connectivity index (χ2n) is 9.39. The molecule has 1 aliphatic heterocycles. The number of nitrogens with one attached hydrogen (secondary N) is 1. The van der Waals surface area contributed by atoms with Gasteiger partial charge in [-0.25, -0.2) is 0 Å². The van der Waals surface area contributed by atoms with Crippen LogP contribution in [0.3, 0.4) is 0 Å². The van der Waals surface area contributed by atoms with Crippen molar-refractivity contribution in [1.29, 1.82) is 0 Å². The van der Waals surface area contributed by atoms with Gasteiger partial charge in [-0.3, -0.25) is 9.59 Å². The molecule has 1 aliphatic rings. The number of hydrogen-bond acceptors (Lipinski definition) is 5. The van der Waals surface area contributed by atoms with Crippen molar-refractivity contribution in [2.45, 2.75) is 45.8 Å². The number of quaternary nitrogens is 1. The van der Waals surface area contributed by atoms with Crippen molar-refractivity contribution in [3.63, 3.8) is 0 Å². The van der Waals surface area contributed by atoms with E-state index in [2.05, 4.69) is 0 Å². The predicted octanol–water partition coefficient (Wildman–Crippen LogP) is 2.02. The number of ether oxygens (including phenoxy) is 2. The molecule has 0 aliphatic carbocycles. The Morgan fingerprint density at radius 3 is 2.23 bits per heavy atom. The van der Waals surface area contributed by atoms with Crippen LogP contribution in [0.15, 0.2) is 54.1 Å². The number of Topliss-reactive ketones (excluding diaryl/α,β-unsaturated/α-hetero) is 1. The van der Waals surface area contributed by atoms with Gasteiger partial charge < -0.3 is 24.4 Å². The van der Waals surface area contributed by atoms with Crippen molar-refractivity contribution in [3.8, 4) is 11.5 Å². The molecule has 0 aromatic heterocycles. The first-order valence-electron chi connectivity index (χ1n) is 12.3. The van der Waals surface area contributed by atoms with Gasteiger partial charge in [0.2, 0.25) is 5.78 Å². The van der Waals surface area contributed by atoms with Crippen LogP contribution in [-0.2, 0) is 9.59 Å². The van der Waals surface area contributed by atoms with Crippen LogP contribution < -0.4 is 19.5 Å². The van der Waals surface area contributed by atoms with Gasteiger partial charge in [-0.05, 0) is 55.7 Å². The third kappa shape index (κ3) is 6.42. The van der Waals surface area contributed by atoms with Crippen molar-refractivity contribution in [1.82, 2.24) is 4.90 Å². The molecule has 0 spiro atoms. The number of amides is 1. The number of rotatable bonds is 11. The van der Waals surface area contributed by atoms with Crippen molar-refractivity contribution in [2.24, 2.45) is 0 Å². The molecule has 3 rings (SSSR count). The Morgan fingerprint density at radius 2 is 1.66 bits per heavy atom. The molecule has 1 amide bonds. The lowest BCUT2D eigenvalue weighted by molar-refractivity contribution is -0.858. The van der Waals surface area contributed by atoms with E-state index in [0.29, 0.717) is 35.8 Å². The minimum Gasteiger partial charge on any atom is -0.872 e. The average molecular weight is 481 g/mol. The summed E-state index contributed by atoms with van der Waals surface area (Å²) >= 11 is 0. The highest BCUT2D eigenvalue weighted by Gasteiger charge is 2.43. The largest absolute Gasteiger partial charge is 0.872 e. The van der Waals surface area contributed by atoms with E-state index in [0.717, 1.165) is 19.4 Å². The summed E-state index contributed by atoms with van der Waals surface area (Å²) in [6.07, 6.45) is 1.62. The first-order chi connectivity index (χ1) is 16.7. The number of likely N-dealkylation sites (tertiary alicyclic amines) is 1. The lowest BCUT2D eigenvalue weighted by Crippen LogP contribution is -3.05. The lowest BCUT2D eigenvalue weighted by atomic mass is 9.95. The molecule has 1 unspecified atom stereocenters. The Hall–Kier alpha value is -3.32. The summed E-state index contributed by atoms with van der Waals surface area (Å²) in [4.78, 5) is 29.0. The van der Waals surface area contributed by atoms with Crippen molar-refractivity contribution >= 4 is 17.4 Å². The maximum absolute atomic E-state index is 13.5. The molecular formula is C28H36N2O5. The number of benzene rings is 2. The molecular weight excluding hydrogens is 444 g/mol. The van der Waals surface area contributed by atoms with Gasteiger partial charge in [0.05, 0.1) is 39.4 Å². The highest BCUT2D eigenvalue weighted by Crippen LogP contribution is 2.39. The second-order valence-corrected chi connectivity index (χ2v) is 9.39. The zero-order valence-corrected chi connectivity index (χ0v) is 21.3. The molecule has 0 saturated carbocycles. The number of carbonyl (C=O) groups excluding carboxylic acids is 2. The topological polar surface area (TPSA) is 83.3 Å². The van der Waals surface area contributed by atoms with Crippen LogP contribution in [0.5, 0.6) is 11.5 Å². The summed E-state index contributed by atoms with van der Waals surface area (Å²) in [5.74, 6) is -0.439. The Bertz CT molecular complexity index is 1040. The van der Waals surface area contributed by atoms with Crippen LogP contribution in [0.1, 0.15) is 50.8 Å². The zero-order chi connectivity index (χ0) is 25.5. The Kier molecular flexibility index (Phi) is 8.93. The first-order valence-corrected chi connectivity index (χ1v) is 12.3. The fourth-order valence-electron chi connectivity index (χ4n) is 4.13. The van der Waals surface area contributed by atoms with Gasteiger partial charge in [0.1, 0.15) is 11.5 Å². The van der Waals surface area contributed by atoms with Crippen molar-refractivity contribution in [2.75, 3.05) is 33.8 Å². The molecule has 7 heteroatoms. The molecule has 0 bridgehead atoms. The quantitative estimate of drug-likeness (QED) is 0.302. The fourth-order valence-corrected chi connectivity index (χ4v) is 4.13. The number of hydrogen-bond donors (Lipinski definition) is 1. The van der Waals surface area contributed by atoms with Gasteiger partial charge in [0.15, 0.2) is 0 Å². The standard InChI is InChI=1S/C28H36N2O5/c1-6-18-34-22-12-8-20(9-13-22)25-24(27(32)28(33)30(25)17-7-16-29(4)5)26(31)21-10-14-23(15-11-21)35-19(2)3/h8-15,19,25,31H,6-7,16-18H2,1-5H3. The van der Waals surface area contributed by atoms with Crippen molar-refractivity contribution < 1.29 is 29.1 Å². The molecule has 1 N–H and O–H groups in total. The van der Waals surface area contributed by atoms with Crippen LogP contribution in [0.4, 0.5) is 0 Å². The van der Waals surface area contributed by atoms with E-state index in [1.807, 2.05) is 59.1 Å². The van der Waals surface area contributed by atoms with Gasteiger partial charge in [0, 0.05) is 18.5 Å². The minimum absolute atomic E-state index is 0.00572. The van der Waals surface area contributed by atoms with Crippen LogP contribution in [0, 0.1) is 0 Å². The molecule has 7 nitrogen and oxygen atoms in total. The number of ketones is 1. The monoisotopic (exact) mass is 480 g/mol. The molecule has 35 heavy (non-hydrogen) atoms. The molecule has 1 fully saturated rings. The van der Waals surface area contributed by atoms with E-state index in [4.69, 9.17) is 9.47 Å². The van der Waals surface area contributed by atoms with Crippen molar-refractivity contribution in [3.05, 3.63) is 65.2 Å². The minimum atomic E-state index is -0.731. The van der Waals surface area contributed by atoms with Gasteiger partial charge in [-0.15, -0.1) is 0 Å². The Labute approximate surface area is 207 Å². The highest BCUT2D eigenvalue weighted by atomic mass is 16.5. The van der Waals surface area contributed by atoms with Gasteiger partial charge in [-0.2, -0.15) is 0 Å². The molecule has 2 aromatic rings. The fraction of sp³-hybridized carbons (Fsp3) is 0.429. The van der Waals surface area contributed by atoms with E-state index in [9.17, 15) is 14.7 Å². The van der Waals surface area contributed by atoms with Gasteiger partial charge in [0.25, 0.3) is 5.91 Å².